The maximum atomic E-state index is 13.1. The molecule has 10 nitrogen and oxygen atoms in total. The molecular weight excluding hydrogens is 432 g/mol. The molecule has 0 unspecified atom stereocenters. The Morgan fingerprint density at radius 3 is 2.59 bits per heavy atom. The average molecular weight is 459 g/mol. The third kappa shape index (κ3) is 3.58. The number of piperidine rings is 1. The van der Waals surface area contributed by atoms with E-state index in [9.17, 15) is 13.2 Å². The van der Waals surface area contributed by atoms with E-state index in [1.54, 1.807) is 35.4 Å². The lowest BCUT2D eigenvalue weighted by atomic mass is 9.91. The molecule has 5 rings (SSSR count). The van der Waals surface area contributed by atoms with Crippen molar-refractivity contribution in [1.29, 1.82) is 0 Å². The van der Waals surface area contributed by atoms with Gasteiger partial charge in [0.25, 0.3) is 0 Å². The first-order valence-electron chi connectivity index (χ1n) is 10.8. The number of amides is 1. The fourth-order valence-electron chi connectivity index (χ4n) is 4.66. The van der Waals surface area contributed by atoms with Crippen molar-refractivity contribution < 1.29 is 17.7 Å². The van der Waals surface area contributed by atoms with Gasteiger partial charge in [-0.05, 0) is 32.6 Å². The number of likely N-dealkylation sites (tertiary alicyclic amines) is 1. The van der Waals surface area contributed by atoms with E-state index in [0.717, 1.165) is 35.1 Å². The molecule has 2 saturated heterocycles. The van der Waals surface area contributed by atoms with Gasteiger partial charge in [-0.15, -0.1) is 0 Å². The van der Waals surface area contributed by atoms with Gasteiger partial charge in [0.2, 0.25) is 15.9 Å². The number of sulfonamides is 1. The topological polar surface area (TPSA) is 125 Å². The number of aromatic nitrogens is 4. The predicted octanol–water partition coefficient (Wildman–Crippen LogP) is 1.53. The van der Waals surface area contributed by atoms with Crippen LogP contribution >= 0.6 is 0 Å². The van der Waals surface area contributed by atoms with Crippen LogP contribution in [-0.4, -0.2) is 75.1 Å². The second-order valence-corrected chi connectivity index (χ2v) is 10.8. The number of hydrogen-bond acceptors (Lipinski definition) is 7. The molecule has 3 aromatic rings. The Balaban J connectivity index is 1.17. The number of fused-ring (bicyclic) bond motifs is 1. The van der Waals surface area contributed by atoms with Crippen molar-refractivity contribution in [3.05, 3.63) is 41.2 Å². The molecule has 2 aliphatic heterocycles. The Morgan fingerprint density at radius 1 is 1.19 bits per heavy atom. The highest BCUT2D eigenvalue weighted by Crippen LogP contribution is 2.34. The molecular formula is C21H26N6O4S. The van der Waals surface area contributed by atoms with Crippen LogP contribution in [0.4, 0.5) is 0 Å². The van der Waals surface area contributed by atoms with Gasteiger partial charge in [0.1, 0.15) is 16.5 Å². The van der Waals surface area contributed by atoms with E-state index in [0.29, 0.717) is 24.5 Å². The molecule has 1 amide bonds. The molecule has 2 fully saturated rings. The van der Waals surface area contributed by atoms with E-state index in [1.165, 1.54) is 0 Å². The lowest BCUT2D eigenvalue weighted by Gasteiger charge is -2.42. The third-order valence-electron chi connectivity index (χ3n) is 6.72. The molecule has 0 aliphatic carbocycles. The second kappa shape index (κ2) is 7.96. The number of carbonyl (C=O) groups is 1. The van der Waals surface area contributed by atoms with Crippen LogP contribution < -0.4 is 0 Å². The predicted molar refractivity (Wildman–Crippen MR) is 116 cm³/mol. The van der Waals surface area contributed by atoms with Crippen LogP contribution in [0.25, 0.3) is 11.2 Å². The second-order valence-electron chi connectivity index (χ2n) is 8.62. The number of hydrogen-bond donors (Lipinski definition) is 1. The number of nitrogens with zero attached hydrogens (tertiary/aromatic N) is 5. The number of aromatic amines is 1. The standard InChI is InChI=1S/C21H26N6O4S/c1-13-17(14(2)31-25-13)9-19(28)26-11-16(12-26)32(29,30)27-7-3-15(4-8-27)18-10-24-21-20(18)22-5-6-23-21/h5-6,10,15-16H,3-4,7-9,11-12H2,1-2H3,(H,23,24). The smallest absolute Gasteiger partial charge is 0.227 e. The van der Waals surface area contributed by atoms with E-state index in [1.807, 2.05) is 6.20 Å². The lowest BCUT2D eigenvalue weighted by molar-refractivity contribution is -0.133. The number of rotatable bonds is 5. The number of nitrogens with one attached hydrogen (secondary N) is 1. The molecule has 0 saturated carbocycles. The zero-order valence-corrected chi connectivity index (χ0v) is 18.9. The fraction of sp³-hybridized carbons (Fsp3) is 0.524. The van der Waals surface area contributed by atoms with Crippen LogP contribution in [0, 0.1) is 13.8 Å². The van der Waals surface area contributed by atoms with E-state index >= 15 is 0 Å². The highest BCUT2D eigenvalue weighted by Gasteiger charge is 2.43. The summed E-state index contributed by atoms with van der Waals surface area (Å²) in [6, 6.07) is 0. The monoisotopic (exact) mass is 458 g/mol. The third-order valence-corrected chi connectivity index (χ3v) is 8.95. The van der Waals surface area contributed by atoms with Crippen molar-refractivity contribution in [2.45, 2.75) is 44.3 Å². The zero-order valence-electron chi connectivity index (χ0n) is 18.1. The van der Waals surface area contributed by atoms with Crippen LogP contribution in [0.15, 0.2) is 23.1 Å². The largest absolute Gasteiger partial charge is 0.361 e. The molecule has 32 heavy (non-hydrogen) atoms. The normalized spacial score (nSPS) is 18.9. The summed E-state index contributed by atoms with van der Waals surface area (Å²) in [5.41, 5.74) is 4.20. The van der Waals surface area contributed by atoms with Crippen molar-refractivity contribution in [3.8, 4) is 0 Å². The summed E-state index contributed by atoms with van der Waals surface area (Å²) < 4.78 is 32.9. The lowest BCUT2D eigenvalue weighted by Crippen LogP contribution is -2.60. The molecule has 0 radical (unpaired) electrons. The Bertz CT molecular complexity index is 1230. The van der Waals surface area contributed by atoms with Gasteiger partial charge in [0.15, 0.2) is 5.65 Å². The highest BCUT2D eigenvalue weighted by atomic mass is 32.2. The minimum atomic E-state index is -3.43. The molecule has 11 heteroatoms. The minimum absolute atomic E-state index is 0.0926. The van der Waals surface area contributed by atoms with Crippen molar-refractivity contribution in [1.82, 2.24) is 29.3 Å². The molecule has 1 N–H and O–H groups in total. The van der Waals surface area contributed by atoms with Crippen molar-refractivity contribution in [2.75, 3.05) is 26.2 Å². The Labute approximate surface area is 186 Å². The summed E-state index contributed by atoms with van der Waals surface area (Å²) in [6.07, 6.45) is 6.93. The van der Waals surface area contributed by atoms with Gasteiger partial charge in [0, 0.05) is 55.9 Å². The van der Waals surface area contributed by atoms with Gasteiger partial charge in [0.05, 0.1) is 12.1 Å². The molecule has 2 aliphatic rings. The van der Waals surface area contributed by atoms with Crippen molar-refractivity contribution in [3.63, 3.8) is 0 Å². The van der Waals surface area contributed by atoms with Gasteiger partial charge in [-0.2, -0.15) is 0 Å². The highest BCUT2D eigenvalue weighted by molar-refractivity contribution is 7.89. The van der Waals surface area contributed by atoms with Gasteiger partial charge in [-0.1, -0.05) is 5.16 Å². The molecule has 3 aromatic heterocycles. The van der Waals surface area contributed by atoms with Crippen LogP contribution in [0.5, 0.6) is 0 Å². The number of H-pyrrole nitrogens is 1. The van der Waals surface area contributed by atoms with Gasteiger partial charge >= 0.3 is 0 Å². The summed E-state index contributed by atoms with van der Waals surface area (Å²) >= 11 is 0. The quantitative estimate of drug-likeness (QED) is 0.614. The maximum absolute atomic E-state index is 13.1. The fourth-order valence-corrected chi connectivity index (χ4v) is 6.54. The van der Waals surface area contributed by atoms with Gasteiger partial charge < -0.3 is 14.4 Å². The van der Waals surface area contributed by atoms with E-state index in [-0.39, 0.29) is 31.3 Å². The SMILES string of the molecule is Cc1noc(C)c1CC(=O)N1CC(S(=O)(=O)N2CCC(c3c[nH]c4nccnc34)CC2)C1. The first-order chi connectivity index (χ1) is 15.3. The van der Waals surface area contributed by atoms with E-state index in [2.05, 4.69) is 20.1 Å². The molecule has 0 spiro atoms. The van der Waals surface area contributed by atoms with Crippen LogP contribution in [-0.2, 0) is 21.2 Å². The van der Waals surface area contributed by atoms with Crippen LogP contribution in [0.3, 0.4) is 0 Å². The molecule has 0 bridgehead atoms. The van der Waals surface area contributed by atoms with Gasteiger partial charge in [-0.25, -0.2) is 17.7 Å². The van der Waals surface area contributed by atoms with Crippen molar-refractivity contribution >= 4 is 27.1 Å². The zero-order chi connectivity index (χ0) is 22.5. The van der Waals surface area contributed by atoms with E-state index < -0.39 is 15.3 Å². The summed E-state index contributed by atoms with van der Waals surface area (Å²) in [5, 5.41) is 3.34. The molecule has 5 heterocycles. The van der Waals surface area contributed by atoms with Gasteiger partial charge in [-0.3, -0.25) is 9.78 Å². The Morgan fingerprint density at radius 2 is 1.91 bits per heavy atom. The first-order valence-corrected chi connectivity index (χ1v) is 12.3. The van der Waals surface area contributed by atoms with Crippen LogP contribution in [0.1, 0.15) is 41.3 Å². The van der Waals surface area contributed by atoms with Crippen LogP contribution in [0.2, 0.25) is 0 Å². The van der Waals surface area contributed by atoms with E-state index in [4.69, 9.17) is 4.52 Å². The minimum Gasteiger partial charge on any atom is -0.361 e. The Hall–Kier alpha value is -2.79. The number of aryl methyl sites for hydroxylation is 2. The van der Waals surface area contributed by atoms with Crippen molar-refractivity contribution in [2.24, 2.45) is 0 Å². The average Bonchev–Trinajstić information content (AvgIpc) is 3.31. The summed E-state index contributed by atoms with van der Waals surface area (Å²) in [4.78, 5) is 26.0. The molecule has 170 valence electrons. The summed E-state index contributed by atoms with van der Waals surface area (Å²) in [7, 11) is -3.43. The molecule has 0 atom stereocenters. The molecule has 0 aromatic carbocycles. The summed E-state index contributed by atoms with van der Waals surface area (Å²) in [6.45, 7) is 5.01. The number of carbonyl (C=O) groups excluding carboxylic acids is 1. The maximum Gasteiger partial charge on any atom is 0.227 e. The first kappa shape index (κ1) is 21.1. The summed E-state index contributed by atoms with van der Waals surface area (Å²) in [5.74, 6) is 0.788. The Kier molecular flexibility index (Phi) is 5.25.